The zero-order valence-corrected chi connectivity index (χ0v) is 13.8. The van der Waals surface area contributed by atoms with E-state index in [9.17, 15) is 12.8 Å². The van der Waals surface area contributed by atoms with Crippen LogP contribution in [0.3, 0.4) is 0 Å². The number of rotatable bonds is 5. The number of para-hydroxylation sites is 1. The standard InChI is InChI=1S/C15H15BrFNO2S/c1-2-5-11-6-3-4-7-15(11)18-21(19,20)12-8-9-13(16)14(17)10-12/h3-4,6-10,18H,2,5H2,1H3. The molecular formula is C15H15BrFNO2S. The zero-order chi connectivity index (χ0) is 15.5. The first-order valence-electron chi connectivity index (χ1n) is 6.50. The molecule has 2 rings (SSSR count). The number of benzene rings is 2. The summed E-state index contributed by atoms with van der Waals surface area (Å²) in [6.45, 7) is 2.02. The van der Waals surface area contributed by atoms with E-state index in [1.54, 1.807) is 12.1 Å². The van der Waals surface area contributed by atoms with Crippen LogP contribution in [0.25, 0.3) is 0 Å². The molecule has 0 aromatic heterocycles. The minimum Gasteiger partial charge on any atom is -0.279 e. The maximum absolute atomic E-state index is 13.5. The molecule has 2 aromatic rings. The van der Waals surface area contributed by atoms with Crippen LogP contribution in [-0.2, 0) is 16.4 Å². The molecule has 0 atom stereocenters. The van der Waals surface area contributed by atoms with Gasteiger partial charge in [0, 0.05) is 0 Å². The van der Waals surface area contributed by atoms with Crippen LogP contribution in [0.5, 0.6) is 0 Å². The van der Waals surface area contributed by atoms with Crippen molar-refractivity contribution in [2.24, 2.45) is 0 Å². The van der Waals surface area contributed by atoms with Crippen LogP contribution in [0.2, 0.25) is 0 Å². The molecule has 0 amide bonds. The van der Waals surface area contributed by atoms with Crippen molar-refractivity contribution in [3.63, 3.8) is 0 Å². The van der Waals surface area contributed by atoms with E-state index in [1.165, 1.54) is 12.1 Å². The van der Waals surface area contributed by atoms with Crippen LogP contribution >= 0.6 is 15.9 Å². The van der Waals surface area contributed by atoms with Crippen molar-refractivity contribution >= 4 is 31.6 Å². The van der Waals surface area contributed by atoms with Gasteiger partial charge in [-0.25, -0.2) is 12.8 Å². The molecule has 0 radical (unpaired) electrons. The third-order valence-corrected chi connectivity index (χ3v) is 4.99. The quantitative estimate of drug-likeness (QED) is 0.849. The highest BCUT2D eigenvalue weighted by atomic mass is 79.9. The molecule has 0 aliphatic heterocycles. The fraction of sp³-hybridized carbons (Fsp3) is 0.200. The number of aryl methyl sites for hydroxylation is 1. The summed E-state index contributed by atoms with van der Waals surface area (Å²) in [6.07, 6.45) is 1.68. The fourth-order valence-corrected chi connectivity index (χ4v) is 3.31. The molecule has 0 aliphatic rings. The normalized spacial score (nSPS) is 11.4. The van der Waals surface area contributed by atoms with Crippen molar-refractivity contribution in [1.29, 1.82) is 0 Å². The minimum atomic E-state index is -3.80. The van der Waals surface area contributed by atoms with Crippen molar-refractivity contribution in [2.75, 3.05) is 4.72 Å². The molecule has 0 aliphatic carbocycles. The van der Waals surface area contributed by atoms with Crippen molar-refractivity contribution in [2.45, 2.75) is 24.7 Å². The molecule has 0 heterocycles. The summed E-state index contributed by atoms with van der Waals surface area (Å²) >= 11 is 3.00. The lowest BCUT2D eigenvalue weighted by molar-refractivity contribution is 0.593. The van der Waals surface area contributed by atoms with Crippen LogP contribution < -0.4 is 4.72 Å². The van der Waals surface area contributed by atoms with Crippen LogP contribution in [0, 0.1) is 5.82 Å². The molecule has 0 unspecified atom stereocenters. The highest BCUT2D eigenvalue weighted by Gasteiger charge is 2.17. The maximum Gasteiger partial charge on any atom is 0.262 e. The Hall–Kier alpha value is -1.40. The third kappa shape index (κ3) is 3.83. The van der Waals surface area contributed by atoms with Gasteiger partial charge >= 0.3 is 0 Å². The van der Waals surface area contributed by atoms with E-state index in [2.05, 4.69) is 20.7 Å². The number of hydrogen-bond acceptors (Lipinski definition) is 2. The topological polar surface area (TPSA) is 46.2 Å². The average Bonchev–Trinajstić information content (AvgIpc) is 2.44. The average molecular weight is 372 g/mol. The second kappa shape index (κ2) is 6.58. The lowest BCUT2D eigenvalue weighted by Gasteiger charge is -2.12. The highest BCUT2D eigenvalue weighted by molar-refractivity contribution is 9.10. The van der Waals surface area contributed by atoms with Gasteiger partial charge in [0.15, 0.2) is 0 Å². The third-order valence-electron chi connectivity index (χ3n) is 2.98. The molecule has 0 fully saturated rings. The summed E-state index contributed by atoms with van der Waals surface area (Å²) < 4.78 is 40.9. The number of sulfonamides is 1. The van der Waals surface area contributed by atoms with Gasteiger partial charge in [0.05, 0.1) is 15.1 Å². The number of halogens is 2. The maximum atomic E-state index is 13.5. The molecule has 3 nitrogen and oxygen atoms in total. The molecule has 112 valence electrons. The summed E-state index contributed by atoms with van der Waals surface area (Å²) in [7, 11) is -3.80. The van der Waals surface area contributed by atoms with Gasteiger partial charge in [0.25, 0.3) is 10.0 Å². The summed E-state index contributed by atoms with van der Waals surface area (Å²) in [5, 5.41) is 0. The van der Waals surface area contributed by atoms with Gasteiger partial charge < -0.3 is 0 Å². The predicted molar refractivity (Wildman–Crippen MR) is 85.3 cm³/mol. The second-order valence-electron chi connectivity index (χ2n) is 4.59. The van der Waals surface area contributed by atoms with Gasteiger partial charge in [-0.05, 0) is 52.2 Å². The Balaban J connectivity index is 2.35. The SMILES string of the molecule is CCCc1ccccc1NS(=O)(=O)c1ccc(Br)c(F)c1. The lowest BCUT2D eigenvalue weighted by atomic mass is 10.1. The van der Waals surface area contributed by atoms with E-state index in [1.807, 2.05) is 19.1 Å². The molecule has 0 saturated carbocycles. The molecule has 6 heteroatoms. The smallest absolute Gasteiger partial charge is 0.262 e. The predicted octanol–water partition coefficient (Wildman–Crippen LogP) is 4.34. The summed E-state index contributed by atoms with van der Waals surface area (Å²) in [4.78, 5) is -0.102. The van der Waals surface area contributed by atoms with Gasteiger partial charge in [-0.3, -0.25) is 4.72 Å². The van der Waals surface area contributed by atoms with E-state index in [0.717, 1.165) is 24.5 Å². The van der Waals surface area contributed by atoms with Crippen molar-refractivity contribution < 1.29 is 12.8 Å². The highest BCUT2D eigenvalue weighted by Crippen LogP contribution is 2.24. The Bertz CT molecular complexity index is 747. The molecule has 0 spiro atoms. The van der Waals surface area contributed by atoms with E-state index in [4.69, 9.17) is 0 Å². The van der Waals surface area contributed by atoms with E-state index < -0.39 is 15.8 Å². The Morgan fingerprint density at radius 3 is 2.57 bits per heavy atom. The van der Waals surface area contributed by atoms with E-state index in [0.29, 0.717) is 5.69 Å². The van der Waals surface area contributed by atoms with Gasteiger partial charge in [-0.2, -0.15) is 0 Å². The number of hydrogen-bond donors (Lipinski definition) is 1. The molecule has 21 heavy (non-hydrogen) atoms. The Kier molecular flexibility index (Phi) is 5.00. The monoisotopic (exact) mass is 371 g/mol. The fourth-order valence-electron chi connectivity index (χ4n) is 1.95. The summed E-state index contributed by atoms with van der Waals surface area (Å²) in [5.74, 6) is -0.611. The Labute approximate surface area is 132 Å². The van der Waals surface area contributed by atoms with Crippen LogP contribution in [-0.4, -0.2) is 8.42 Å². The number of anilines is 1. The first-order chi connectivity index (χ1) is 9.94. The van der Waals surface area contributed by atoms with Crippen molar-refractivity contribution in [1.82, 2.24) is 0 Å². The first kappa shape index (κ1) is 16.0. The second-order valence-corrected chi connectivity index (χ2v) is 7.13. The molecule has 1 N–H and O–H groups in total. The molecule has 0 saturated heterocycles. The van der Waals surface area contributed by atoms with Gasteiger partial charge in [0.1, 0.15) is 5.82 Å². The van der Waals surface area contributed by atoms with Gasteiger partial charge in [-0.1, -0.05) is 31.5 Å². The molecular weight excluding hydrogens is 357 g/mol. The summed E-state index contributed by atoms with van der Waals surface area (Å²) in [6, 6.07) is 10.9. The molecule has 2 aromatic carbocycles. The zero-order valence-electron chi connectivity index (χ0n) is 11.4. The minimum absolute atomic E-state index is 0.102. The van der Waals surface area contributed by atoms with E-state index >= 15 is 0 Å². The van der Waals surface area contributed by atoms with Gasteiger partial charge in [-0.15, -0.1) is 0 Å². The summed E-state index contributed by atoms with van der Waals surface area (Å²) in [5.41, 5.74) is 1.45. The van der Waals surface area contributed by atoms with Crippen LogP contribution in [0.15, 0.2) is 51.8 Å². The number of nitrogens with one attached hydrogen (secondary N) is 1. The largest absolute Gasteiger partial charge is 0.279 e. The Morgan fingerprint density at radius 1 is 1.19 bits per heavy atom. The van der Waals surface area contributed by atoms with E-state index in [-0.39, 0.29) is 9.37 Å². The van der Waals surface area contributed by atoms with Gasteiger partial charge in [0.2, 0.25) is 0 Å². The van der Waals surface area contributed by atoms with Crippen LogP contribution in [0.1, 0.15) is 18.9 Å². The van der Waals surface area contributed by atoms with Crippen molar-refractivity contribution in [3.8, 4) is 0 Å². The lowest BCUT2D eigenvalue weighted by Crippen LogP contribution is -2.14. The van der Waals surface area contributed by atoms with Crippen LogP contribution in [0.4, 0.5) is 10.1 Å². The molecule has 0 bridgehead atoms. The van der Waals surface area contributed by atoms with Crippen molar-refractivity contribution in [3.05, 3.63) is 58.3 Å². The Morgan fingerprint density at radius 2 is 1.90 bits per heavy atom. The first-order valence-corrected chi connectivity index (χ1v) is 8.77.